The Hall–Kier alpha value is -2.21. The standard InChI is InChI=1S/C23H31NO4S.C5H12NP/c1-16(2)12-19-8-6-7-9-21(19)29(27,28)24-15-20-13-18(11-10-17(20)3)14-23(4,5)22(25)26;1-3-7-4-5(2)6/h6-11,13,16,24H,12,14-15H2,1-5H3,(H,25,26);4,7H,3,6H2,1-2H3/b;5-4-. The summed E-state index contributed by atoms with van der Waals surface area (Å²) in [7, 11) is -2.75. The Morgan fingerprint density at radius 3 is 2.33 bits per heavy atom. The van der Waals surface area contributed by atoms with Crippen LogP contribution in [0.25, 0.3) is 0 Å². The third kappa shape index (κ3) is 10.8. The predicted molar refractivity (Wildman–Crippen MR) is 152 cm³/mol. The second kappa shape index (κ2) is 14.5. The third-order valence-electron chi connectivity index (χ3n) is 5.52. The fourth-order valence-electron chi connectivity index (χ4n) is 3.50. The van der Waals surface area contributed by atoms with E-state index >= 15 is 0 Å². The van der Waals surface area contributed by atoms with Crippen LogP contribution in [-0.2, 0) is 34.2 Å². The summed E-state index contributed by atoms with van der Waals surface area (Å²) in [5.41, 5.74) is 8.89. The molecule has 2 aromatic rings. The maximum atomic E-state index is 12.9. The number of hydrogen-bond donors (Lipinski definition) is 3. The highest BCUT2D eigenvalue weighted by Crippen LogP contribution is 2.24. The summed E-state index contributed by atoms with van der Waals surface area (Å²) in [6.07, 6.45) is 2.28. The number of hydrogen-bond acceptors (Lipinski definition) is 4. The lowest BCUT2D eigenvalue weighted by Gasteiger charge is -2.20. The van der Waals surface area contributed by atoms with Crippen LogP contribution >= 0.6 is 8.58 Å². The average Bonchev–Trinajstić information content (AvgIpc) is 2.78. The molecule has 0 fully saturated rings. The first kappa shape index (κ1) is 31.8. The molecule has 36 heavy (non-hydrogen) atoms. The van der Waals surface area contributed by atoms with Gasteiger partial charge in [-0.3, -0.25) is 4.79 Å². The Kier molecular flexibility index (Phi) is 12.8. The fourth-order valence-corrected chi connectivity index (χ4v) is 5.28. The fraction of sp³-hybridized carbons (Fsp3) is 0.464. The number of carboxylic acids is 1. The van der Waals surface area contributed by atoms with Crippen LogP contribution in [0.2, 0.25) is 0 Å². The highest BCUT2D eigenvalue weighted by Gasteiger charge is 2.27. The quantitative estimate of drug-likeness (QED) is 0.314. The van der Waals surface area contributed by atoms with Gasteiger partial charge in [-0.15, -0.1) is 0 Å². The van der Waals surface area contributed by atoms with Crippen molar-refractivity contribution in [3.63, 3.8) is 0 Å². The summed E-state index contributed by atoms with van der Waals surface area (Å²) in [6.45, 7) is 13.6. The molecule has 0 heterocycles. The summed E-state index contributed by atoms with van der Waals surface area (Å²) < 4.78 is 28.6. The molecule has 0 aliphatic carbocycles. The van der Waals surface area contributed by atoms with Crippen LogP contribution < -0.4 is 10.5 Å². The van der Waals surface area contributed by atoms with Gasteiger partial charge in [-0.2, -0.15) is 0 Å². The number of nitrogens with one attached hydrogen (secondary N) is 1. The molecule has 0 aliphatic heterocycles. The smallest absolute Gasteiger partial charge is 0.309 e. The molecule has 0 saturated carbocycles. The molecule has 0 aliphatic rings. The van der Waals surface area contributed by atoms with Crippen molar-refractivity contribution in [2.45, 2.75) is 72.7 Å². The van der Waals surface area contributed by atoms with Crippen LogP contribution in [0.1, 0.15) is 63.8 Å². The second-order valence-corrected chi connectivity index (χ2v) is 13.2. The van der Waals surface area contributed by atoms with Crippen LogP contribution in [0.15, 0.2) is 58.9 Å². The van der Waals surface area contributed by atoms with Crippen molar-refractivity contribution in [1.29, 1.82) is 0 Å². The number of nitrogens with two attached hydrogens (primary N) is 1. The van der Waals surface area contributed by atoms with Crippen molar-refractivity contribution in [3.05, 3.63) is 76.2 Å². The van der Waals surface area contributed by atoms with Crippen molar-refractivity contribution in [2.24, 2.45) is 17.1 Å². The number of sulfonamides is 1. The van der Waals surface area contributed by atoms with Gasteiger partial charge in [0.2, 0.25) is 10.0 Å². The van der Waals surface area contributed by atoms with Gasteiger partial charge in [0.25, 0.3) is 0 Å². The molecule has 2 aromatic carbocycles. The summed E-state index contributed by atoms with van der Waals surface area (Å²) in [6, 6.07) is 12.8. The van der Waals surface area contributed by atoms with Crippen molar-refractivity contribution >= 4 is 24.6 Å². The zero-order valence-corrected chi connectivity index (χ0v) is 24.5. The molecule has 1 unspecified atom stereocenters. The first-order valence-electron chi connectivity index (χ1n) is 12.2. The molecule has 0 bridgehead atoms. The Morgan fingerprint density at radius 2 is 1.81 bits per heavy atom. The molecule has 0 saturated heterocycles. The van der Waals surface area contributed by atoms with E-state index in [1.807, 2.05) is 44.2 Å². The number of carbonyl (C=O) groups is 1. The minimum absolute atomic E-state index is 0.158. The highest BCUT2D eigenvalue weighted by atomic mass is 32.2. The van der Waals surface area contributed by atoms with Crippen LogP contribution in [0.4, 0.5) is 0 Å². The van der Waals surface area contributed by atoms with E-state index in [-0.39, 0.29) is 6.54 Å². The predicted octanol–water partition coefficient (Wildman–Crippen LogP) is 5.83. The van der Waals surface area contributed by atoms with E-state index in [1.54, 1.807) is 26.0 Å². The molecule has 0 aromatic heterocycles. The normalized spacial score (nSPS) is 12.6. The number of carboxylic acid groups (broad SMARTS) is 1. The largest absolute Gasteiger partial charge is 0.481 e. The van der Waals surface area contributed by atoms with Crippen molar-refractivity contribution < 1.29 is 18.3 Å². The van der Waals surface area contributed by atoms with E-state index in [0.717, 1.165) is 36.5 Å². The first-order valence-corrected chi connectivity index (χ1v) is 15.0. The molecule has 8 heteroatoms. The average molecular weight is 535 g/mol. The van der Waals surface area contributed by atoms with Crippen LogP contribution in [0, 0.1) is 18.3 Å². The Labute approximate surface area is 219 Å². The topological polar surface area (TPSA) is 109 Å². The van der Waals surface area contributed by atoms with Gasteiger partial charge in [0, 0.05) is 12.2 Å². The van der Waals surface area contributed by atoms with Gasteiger partial charge in [-0.1, -0.05) is 65.8 Å². The number of rotatable bonds is 11. The van der Waals surface area contributed by atoms with Crippen LogP contribution in [-0.4, -0.2) is 25.7 Å². The molecule has 0 radical (unpaired) electrons. The zero-order chi connectivity index (χ0) is 27.5. The minimum atomic E-state index is -3.66. The van der Waals surface area contributed by atoms with E-state index in [0.29, 0.717) is 23.7 Å². The van der Waals surface area contributed by atoms with E-state index in [9.17, 15) is 18.3 Å². The Bertz CT molecular complexity index is 1140. The van der Waals surface area contributed by atoms with Gasteiger partial charge >= 0.3 is 5.97 Å². The van der Waals surface area contributed by atoms with E-state index in [2.05, 4.69) is 31.3 Å². The van der Waals surface area contributed by atoms with Gasteiger partial charge in [0.05, 0.1) is 10.3 Å². The van der Waals surface area contributed by atoms with Crippen molar-refractivity contribution in [3.8, 4) is 0 Å². The number of allylic oxidation sites excluding steroid dienone is 1. The van der Waals surface area contributed by atoms with E-state index < -0.39 is 21.4 Å². The number of benzene rings is 2. The van der Waals surface area contributed by atoms with Gasteiger partial charge < -0.3 is 10.8 Å². The molecule has 0 amide bonds. The van der Waals surface area contributed by atoms with Gasteiger partial charge in [0.1, 0.15) is 0 Å². The molecular formula is C28H43N2O4PS. The van der Waals surface area contributed by atoms with Crippen LogP contribution in [0.5, 0.6) is 0 Å². The van der Waals surface area contributed by atoms with Crippen LogP contribution in [0.3, 0.4) is 0 Å². The third-order valence-corrected chi connectivity index (χ3v) is 8.08. The first-order chi connectivity index (χ1) is 16.7. The maximum absolute atomic E-state index is 12.9. The molecule has 2 rings (SSSR count). The maximum Gasteiger partial charge on any atom is 0.309 e. The molecule has 200 valence electrons. The second-order valence-electron chi connectivity index (χ2n) is 10.1. The van der Waals surface area contributed by atoms with Crippen molar-refractivity contribution in [2.75, 3.05) is 6.16 Å². The molecule has 0 spiro atoms. The summed E-state index contributed by atoms with van der Waals surface area (Å²) in [5, 5.41) is 9.36. The minimum Gasteiger partial charge on any atom is -0.481 e. The van der Waals surface area contributed by atoms with Gasteiger partial charge in [-0.05, 0) is 86.8 Å². The van der Waals surface area contributed by atoms with E-state index in [4.69, 9.17) is 5.73 Å². The lowest BCUT2D eigenvalue weighted by molar-refractivity contribution is -0.146. The molecule has 1 atom stereocenters. The summed E-state index contributed by atoms with van der Waals surface area (Å²) >= 11 is 0. The number of aliphatic carboxylic acids is 1. The molecule has 6 nitrogen and oxygen atoms in total. The summed E-state index contributed by atoms with van der Waals surface area (Å²) in [5.74, 6) is 1.56. The van der Waals surface area contributed by atoms with Gasteiger partial charge in [-0.25, -0.2) is 13.1 Å². The Morgan fingerprint density at radius 1 is 1.17 bits per heavy atom. The molecule has 4 N–H and O–H groups in total. The zero-order valence-electron chi connectivity index (χ0n) is 22.7. The Balaban J connectivity index is 0.000000809. The lowest BCUT2D eigenvalue weighted by atomic mass is 9.85. The van der Waals surface area contributed by atoms with Gasteiger partial charge in [0.15, 0.2) is 0 Å². The highest BCUT2D eigenvalue weighted by molar-refractivity contribution is 7.89. The molecular weight excluding hydrogens is 491 g/mol. The lowest BCUT2D eigenvalue weighted by Crippen LogP contribution is -2.27. The summed E-state index contributed by atoms with van der Waals surface area (Å²) in [4.78, 5) is 11.7. The monoisotopic (exact) mass is 534 g/mol. The van der Waals surface area contributed by atoms with Crippen molar-refractivity contribution in [1.82, 2.24) is 4.72 Å². The number of aryl methyl sites for hydroxylation is 1. The van der Waals surface area contributed by atoms with E-state index in [1.165, 1.54) is 6.16 Å². The SMILES string of the molecule is CCP/C=C(/C)N.Cc1ccc(CC(C)(C)C(=O)O)cc1CNS(=O)(=O)c1ccccc1CC(C)C.